The summed E-state index contributed by atoms with van der Waals surface area (Å²) in [4.78, 5) is 49.6. The molecule has 3 rings (SSSR count). The van der Waals surface area contributed by atoms with Gasteiger partial charge in [0.05, 0.1) is 10.9 Å². The number of carbonyl (C=O) groups is 2. The number of aromatic nitrogens is 2. The molecule has 0 fully saturated rings. The van der Waals surface area contributed by atoms with Gasteiger partial charge in [-0.3, -0.25) is 18.7 Å². The standard InChI is InChI=1S/C23H27N5O4/c1-4-27-21(30)18-7-5-6-8-19(18)28(23(27)32)14-20(29)24-13-16-9-11-17(12-10-16)26-22(31)25-15(2)3/h5-12,15H,4,13-14H2,1-3H3,(H,24,29)(H2,25,26,31). The Morgan fingerprint density at radius 1 is 0.969 bits per heavy atom. The number of nitrogens with zero attached hydrogens (tertiary/aromatic N) is 2. The van der Waals surface area contributed by atoms with Crippen molar-refractivity contribution in [3.63, 3.8) is 0 Å². The lowest BCUT2D eigenvalue weighted by Crippen LogP contribution is -2.42. The van der Waals surface area contributed by atoms with Crippen LogP contribution in [0.3, 0.4) is 0 Å². The van der Waals surface area contributed by atoms with Gasteiger partial charge in [-0.05, 0) is 50.6 Å². The molecule has 0 aliphatic heterocycles. The quantitative estimate of drug-likeness (QED) is 0.525. The van der Waals surface area contributed by atoms with Gasteiger partial charge in [0.15, 0.2) is 0 Å². The average molecular weight is 438 g/mol. The monoisotopic (exact) mass is 437 g/mol. The topological polar surface area (TPSA) is 114 Å². The number of rotatable bonds is 7. The Morgan fingerprint density at radius 3 is 2.31 bits per heavy atom. The summed E-state index contributed by atoms with van der Waals surface area (Å²) in [6, 6.07) is 13.6. The van der Waals surface area contributed by atoms with Gasteiger partial charge in [0.25, 0.3) is 5.56 Å². The molecule has 0 aliphatic carbocycles. The highest BCUT2D eigenvalue weighted by molar-refractivity contribution is 5.89. The van der Waals surface area contributed by atoms with Crippen LogP contribution in [0.4, 0.5) is 10.5 Å². The molecule has 3 aromatic rings. The van der Waals surface area contributed by atoms with Crippen LogP contribution in [-0.4, -0.2) is 27.1 Å². The summed E-state index contributed by atoms with van der Waals surface area (Å²) < 4.78 is 2.44. The molecule has 0 atom stereocenters. The fourth-order valence-electron chi connectivity index (χ4n) is 3.34. The molecule has 3 N–H and O–H groups in total. The Balaban J connectivity index is 1.68. The average Bonchev–Trinajstić information content (AvgIpc) is 2.76. The van der Waals surface area contributed by atoms with Crippen LogP contribution >= 0.6 is 0 Å². The van der Waals surface area contributed by atoms with Gasteiger partial charge in [0, 0.05) is 24.8 Å². The predicted octanol–water partition coefficient (Wildman–Crippen LogP) is 2.03. The van der Waals surface area contributed by atoms with Crippen LogP contribution in [0.1, 0.15) is 26.3 Å². The Labute approximate surface area is 185 Å². The largest absolute Gasteiger partial charge is 0.350 e. The molecule has 0 saturated carbocycles. The lowest BCUT2D eigenvalue weighted by molar-refractivity contribution is -0.121. The molecular formula is C23H27N5O4. The number of carbonyl (C=O) groups excluding carboxylic acids is 2. The predicted molar refractivity (Wildman–Crippen MR) is 124 cm³/mol. The molecule has 0 saturated heterocycles. The highest BCUT2D eigenvalue weighted by Crippen LogP contribution is 2.10. The second-order valence-electron chi connectivity index (χ2n) is 7.66. The van der Waals surface area contributed by atoms with Crippen molar-refractivity contribution in [3.05, 3.63) is 74.9 Å². The first kappa shape index (κ1) is 22.8. The molecule has 32 heavy (non-hydrogen) atoms. The highest BCUT2D eigenvalue weighted by Gasteiger charge is 2.14. The maximum Gasteiger partial charge on any atom is 0.331 e. The van der Waals surface area contributed by atoms with Crippen LogP contribution in [0, 0.1) is 0 Å². The van der Waals surface area contributed by atoms with Crippen molar-refractivity contribution in [1.82, 2.24) is 19.8 Å². The summed E-state index contributed by atoms with van der Waals surface area (Å²) in [6.07, 6.45) is 0. The normalized spacial score (nSPS) is 10.9. The number of hydrogen-bond donors (Lipinski definition) is 3. The van der Waals surface area contributed by atoms with E-state index in [0.29, 0.717) is 16.6 Å². The van der Waals surface area contributed by atoms with E-state index >= 15 is 0 Å². The molecule has 0 spiro atoms. The van der Waals surface area contributed by atoms with Crippen molar-refractivity contribution in [2.45, 2.75) is 46.4 Å². The molecule has 0 bridgehead atoms. The summed E-state index contributed by atoms with van der Waals surface area (Å²) >= 11 is 0. The third kappa shape index (κ3) is 5.23. The van der Waals surface area contributed by atoms with Crippen molar-refractivity contribution in [1.29, 1.82) is 0 Å². The fourth-order valence-corrected chi connectivity index (χ4v) is 3.34. The van der Waals surface area contributed by atoms with Crippen LogP contribution in [0.2, 0.25) is 0 Å². The minimum absolute atomic E-state index is 0.0331. The first-order valence-corrected chi connectivity index (χ1v) is 10.5. The number of urea groups is 1. The van der Waals surface area contributed by atoms with Gasteiger partial charge in [-0.2, -0.15) is 0 Å². The zero-order chi connectivity index (χ0) is 23.3. The molecule has 1 aromatic heterocycles. The van der Waals surface area contributed by atoms with Gasteiger partial charge in [-0.25, -0.2) is 9.59 Å². The van der Waals surface area contributed by atoms with E-state index in [4.69, 9.17) is 0 Å². The van der Waals surface area contributed by atoms with E-state index in [2.05, 4.69) is 16.0 Å². The van der Waals surface area contributed by atoms with Crippen molar-refractivity contribution in [3.8, 4) is 0 Å². The number of para-hydroxylation sites is 1. The summed E-state index contributed by atoms with van der Waals surface area (Å²) in [5, 5.41) is 8.66. The minimum atomic E-state index is -0.513. The Kier molecular flexibility index (Phi) is 7.09. The maximum absolute atomic E-state index is 12.7. The molecule has 9 nitrogen and oxygen atoms in total. The van der Waals surface area contributed by atoms with Gasteiger partial charge < -0.3 is 16.0 Å². The molecule has 1 heterocycles. The Hall–Kier alpha value is -3.88. The second kappa shape index (κ2) is 9.95. The molecule has 2 aromatic carbocycles. The minimum Gasteiger partial charge on any atom is -0.350 e. The van der Waals surface area contributed by atoms with Gasteiger partial charge in [0.1, 0.15) is 6.54 Å². The van der Waals surface area contributed by atoms with Crippen LogP contribution in [0.15, 0.2) is 58.1 Å². The van der Waals surface area contributed by atoms with Gasteiger partial charge in [-0.1, -0.05) is 24.3 Å². The number of fused-ring (bicyclic) bond motifs is 1. The van der Waals surface area contributed by atoms with E-state index in [9.17, 15) is 19.2 Å². The second-order valence-corrected chi connectivity index (χ2v) is 7.66. The first-order valence-electron chi connectivity index (χ1n) is 10.5. The number of anilines is 1. The summed E-state index contributed by atoms with van der Waals surface area (Å²) in [7, 11) is 0. The van der Waals surface area contributed by atoms with Crippen molar-refractivity contribution in [2.24, 2.45) is 0 Å². The van der Waals surface area contributed by atoms with Crippen molar-refractivity contribution in [2.75, 3.05) is 5.32 Å². The first-order chi connectivity index (χ1) is 15.3. The molecule has 0 radical (unpaired) electrons. The summed E-state index contributed by atoms with van der Waals surface area (Å²) in [6.45, 7) is 5.75. The lowest BCUT2D eigenvalue weighted by Gasteiger charge is -2.13. The molecule has 9 heteroatoms. The summed E-state index contributed by atoms with van der Waals surface area (Å²) in [5.41, 5.74) is 1.03. The number of nitrogens with one attached hydrogen (secondary N) is 3. The molecule has 0 aliphatic rings. The van der Waals surface area contributed by atoms with E-state index in [1.165, 1.54) is 4.57 Å². The van der Waals surface area contributed by atoms with Crippen molar-refractivity contribution < 1.29 is 9.59 Å². The highest BCUT2D eigenvalue weighted by atomic mass is 16.2. The van der Waals surface area contributed by atoms with Crippen LogP contribution < -0.4 is 27.2 Å². The number of hydrogen-bond acceptors (Lipinski definition) is 4. The van der Waals surface area contributed by atoms with Crippen LogP contribution in [0.25, 0.3) is 10.9 Å². The van der Waals surface area contributed by atoms with Crippen LogP contribution in [0.5, 0.6) is 0 Å². The lowest BCUT2D eigenvalue weighted by atomic mass is 10.2. The third-order valence-electron chi connectivity index (χ3n) is 4.87. The Morgan fingerprint density at radius 2 is 1.66 bits per heavy atom. The van der Waals surface area contributed by atoms with E-state index in [1.807, 2.05) is 13.8 Å². The SMILES string of the molecule is CCn1c(=O)c2ccccc2n(CC(=O)NCc2ccc(NC(=O)NC(C)C)cc2)c1=O. The summed E-state index contributed by atoms with van der Waals surface area (Å²) in [5.74, 6) is -0.350. The molecule has 3 amide bonds. The fraction of sp³-hybridized carbons (Fsp3) is 0.304. The molecule has 0 unspecified atom stereocenters. The van der Waals surface area contributed by atoms with E-state index in [-0.39, 0.29) is 43.2 Å². The number of benzene rings is 2. The third-order valence-corrected chi connectivity index (χ3v) is 4.87. The van der Waals surface area contributed by atoms with E-state index in [0.717, 1.165) is 10.1 Å². The zero-order valence-corrected chi connectivity index (χ0v) is 18.3. The van der Waals surface area contributed by atoms with Crippen LogP contribution in [-0.2, 0) is 24.4 Å². The smallest absolute Gasteiger partial charge is 0.331 e. The maximum atomic E-state index is 12.7. The van der Waals surface area contributed by atoms with Gasteiger partial charge in [-0.15, -0.1) is 0 Å². The van der Waals surface area contributed by atoms with Gasteiger partial charge >= 0.3 is 11.7 Å². The molecular weight excluding hydrogens is 410 g/mol. The number of amides is 3. The van der Waals surface area contributed by atoms with E-state index < -0.39 is 5.69 Å². The zero-order valence-electron chi connectivity index (χ0n) is 18.3. The van der Waals surface area contributed by atoms with E-state index in [1.54, 1.807) is 55.5 Å². The van der Waals surface area contributed by atoms with Crippen molar-refractivity contribution >= 4 is 28.5 Å². The Bertz CT molecular complexity index is 1240. The van der Waals surface area contributed by atoms with Gasteiger partial charge in [0.2, 0.25) is 5.91 Å². The molecule has 168 valence electrons.